The molecule has 1 fully saturated rings. The molecule has 12 heteroatoms. The Bertz CT molecular complexity index is 1680. The van der Waals surface area contributed by atoms with Crippen molar-refractivity contribution < 1.29 is 19.1 Å². The van der Waals surface area contributed by atoms with Gasteiger partial charge in [0.1, 0.15) is 29.7 Å². The number of amides is 2. The van der Waals surface area contributed by atoms with Gasteiger partial charge in [-0.2, -0.15) is 5.26 Å². The molecule has 2 aliphatic rings. The number of aromatic nitrogens is 4. The number of benzene rings is 1. The van der Waals surface area contributed by atoms with Crippen LogP contribution in [0.15, 0.2) is 55.2 Å². The van der Waals surface area contributed by atoms with Gasteiger partial charge < -0.3 is 14.9 Å². The molecule has 0 spiro atoms. The molecule has 0 saturated carbocycles. The Balaban J connectivity index is 1.19. The minimum absolute atomic E-state index is 0.0719. The number of hydrogen-bond acceptors (Lipinski definition) is 8. The van der Waals surface area contributed by atoms with Crippen LogP contribution in [0.2, 0.25) is 0 Å². The third kappa shape index (κ3) is 4.51. The molecular formula is C28H23FN8O3. The van der Waals surface area contributed by atoms with E-state index in [9.17, 15) is 24.3 Å². The van der Waals surface area contributed by atoms with Crippen LogP contribution in [0, 0.1) is 23.1 Å². The van der Waals surface area contributed by atoms with E-state index in [1.165, 1.54) is 41.7 Å². The zero-order valence-electron chi connectivity index (χ0n) is 21.2. The van der Waals surface area contributed by atoms with Gasteiger partial charge in [0.15, 0.2) is 0 Å². The van der Waals surface area contributed by atoms with E-state index >= 15 is 0 Å². The molecule has 3 aromatic heterocycles. The minimum atomic E-state index is -1.11. The Morgan fingerprint density at radius 1 is 1.12 bits per heavy atom. The number of urea groups is 1. The van der Waals surface area contributed by atoms with E-state index in [-0.39, 0.29) is 23.2 Å². The van der Waals surface area contributed by atoms with Crippen LogP contribution in [0.25, 0.3) is 10.9 Å². The number of carboxylic acid groups (broad SMARTS) is 1. The minimum Gasteiger partial charge on any atom is -0.477 e. The van der Waals surface area contributed by atoms with Gasteiger partial charge >= 0.3 is 12.0 Å². The fourth-order valence-corrected chi connectivity index (χ4v) is 5.35. The van der Waals surface area contributed by atoms with Crippen LogP contribution in [0.1, 0.15) is 34.5 Å². The molecule has 0 bridgehead atoms. The number of aromatic carboxylic acids is 1. The third-order valence-electron chi connectivity index (χ3n) is 7.38. The third-order valence-corrected chi connectivity index (χ3v) is 7.38. The normalized spacial score (nSPS) is 15.7. The lowest BCUT2D eigenvalue weighted by Crippen LogP contribution is -2.48. The van der Waals surface area contributed by atoms with E-state index < -0.39 is 11.8 Å². The molecule has 0 unspecified atom stereocenters. The van der Waals surface area contributed by atoms with Gasteiger partial charge in [-0.05, 0) is 49.1 Å². The first kappa shape index (κ1) is 25.1. The summed E-state index contributed by atoms with van der Waals surface area (Å²) in [7, 11) is 0. The number of carbonyl (C=O) groups is 2. The summed E-state index contributed by atoms with van der Waals surface area (Å²) < 4.78 is 14.0. The second kappa shape index (κ2) is 10.2. The molecule has 40 heavy (non-hydrogen) atoms. The fraction of sp³-hybridized carbons (Fsp3) is 0.250. The second-order valence-electron chi connectivity index (χ2n) is 9.80. The quantitative estimate of drug-likeness (QED) is 0.397. The first-order valence-corrected chi connectivity index (χ1v) is 12.7. The maximum atomic E-state index is 14.0. The first-order valence-electron chi connectivity index (χ1n) is 12.7. The van der Waals surface area contributed by atoms with Gasteiger partial charge in [-0.15, -0.1) is 0 Å². The first-order chi connectivity index (χ1) is 19.4. The van der Waals surface area contributed by atoms with Gasteiger partial charge in [-0.1, -0.05) is 0 Å². The molecule has 200 valence electrons. The number of fused-ring (bicyclic) bond motifs is 2. The van der Waals surface area contributed by atoms with Gasteiger partial charge in [0, 0.05) is 43.8 Å². The number of nitriles is 1. The molecule has 6 rings (SSSR count). The van der Waals surface area contributed by atoms with E-state index in [0.717, 1.165) is 18.4 Å². The summed E-state index contributed by atoms with van der Waals surface area (Å²) >= 11 is 0. The summed E-state index contributed by atoms with van der Waals surface area (Å²) in [6, 6.07) is 8.89. The molecule has 1 aromatic carbocycles. The summed E-state index contributed by atoms with van der Waals surface area (Å²) in [5.74, 6) is -0.813. The van der Waals surface area contributed by atoms with Crippen molar-refractivity contribution in [2.24, 2.45) is 5.92 Å². The Kier molecular flexibility index (Phi) is 6.39. The van der Waals surface area contributed by atoms with Crippen molar-refractivity contribution in [3.05, 3.63) is 77.9 Å². The van der Waals surface area contributed by atoms with E-state index in [0.29, 0.717) is 54.3 Å². The number of halogens is 1. The van der Waals surface area contributed by atoms with Crippen molar-refractivity contribution >= 4 is 40.1 Å². The Hall–Kier alpha value is -5.18. The summed E-state index contributed by atoms with van der Waals surface area (Å²) in [5.41, 5.74) is 2.27. The highest BCUT2D eigenvalue weighted by Crippen LogP contribution is 2.36. The van der Waals surface area contributed by atoms with Crippen molar-refractivity contribution in [2.45, 2.75) is 19.4 Å². The zero-order valence-corrected chi connectivity index (χ0v) is 21.2. The molecule has 4 aromatic rings. The highest BCUT2D eigenvalue weighted by molar-refractivity contribution is 6.02. The average molecular weight is 539 g/mol. The highest BCUT2D eigenvalue weighted by Gasteiger charge is 2.34. The van der Waals surface area contributed by atoms with E-state index in [1.54, 1.807) is 23.4 Å². The summed E-state index contributed by atoms with van der Waals surface area (Å²) in [4.78, 5) is 47.4. The van der Waals surface area contributed by atoms with Crippen molar-refractivity contribution in [1.29, 1.82) is 5.26 Å². The van der Waals surface area contributed by atoms with Gasteiger partial charge in [0.2, 0.25) is 0 Å². The van der Waals surface area contributed by atoms with Crippen molar-refractivity contribution in [1.82, 2.24) is 24.8 Å². The molecule has 2 aliphatic heterocycles. The summed E-state index contributed by atoms with van der Waals surface area (Å²) in [6.45, 7) is 2.33. The van der Waals surface area contributed by atoms with Gasteiger partial charge in [-0.25, -0.2) is 28.9 Å². The molecule has 2 amide bonds. The standard InChI is InChI=1S/C28H23FN8O3/c29-22-2-1-20(9-18(22)11-30)37-25-3-6-31-12-19(25)15-36(28(37)40)14-17-4-7-35(8-5-17)26-21-13-32-24(27(38)39)10-23(21)33-16-34-26/h1-3,6,9-10,12-13,16-17H,4-5,7-8,14-15H2,(H,38,39). The maximum absolute atomic E-state index is 14.0. The summed E-state index contributed by atoms with van der Waals surface area (Å²) in [5, 5.41) is 19.2. The van der Waals surface area contributed by atoms with Gasteiger partial charge in [0.05, 0.1) is 34.4 Å². The molecule has 5 heterocycles. The smallest absolute Gasteiger partial charge is 0.354 e. The number of carbonyl (C=O) groups excluding carboxylic acids is 1. The predicted molar refractivity (Wildman–Crippen MR) is 143 cm³/mol. The van der Waals surface area contributed by atoms with E-state index in [1.807, 2.05) is 6.07 Å². The average Bonchev–Trinajstić information content (AvgIpc) is 2.98. The summed E-state index contributed by atoms with van der Waals surface area (Å²) in [6.07, 6.45) is 7.88. The SMILES string of the molecule is N#Cc1cc(N2C(=O)N(CC3CCN(c4ncnc5cc(C(=O)O)ncc45)CC3)Cc3cnccc32)ccc1F. The lowest BCUT2D eigenvalue weighted by molar-refractivity contribution is 0.0690. The van der Waals surface area contributed by atoms with Crippen LogP contribution in [-0.4, -0.2) is 61.6 Å². The molecule has 0 radical (unpaired) electrons. The zero-order chi connectivity index (χ0) is 27.8. The lowest BCUT2D eigenvalue weighted by atomic mass is 9.95. The molecule has 0 aliphatic carbocycles. The molecular weight excluding hydrogens is 515 g/mol. The Morgan fingerprint density at radius 2 is 1.95 bits per heavy atom. The van der Waals surface area contributed by atoms with E-state index in [4.69, 9.17) is 0 Å². The van der Waals surface area contributed by atoms with Gasteiger partial charge in [0.25, 0.3) is 0 Å². The Labute approximate surface area is 228 Å². The van der Waals surface area contributed by atoms with Crippen molar-refractivity contribution in [3.8, 4) is 6.07 Å². The largest absolute Gasteiger partial charge is 0.477 e. The number of hydrogen-bond donors (Lipinski definition) is 1. The molecule has 1 N–H and O–H groups in total. The number of nitrogens with zero attached hydrogens (tertiary/aromatic N) is 8. The van der Waals surface area contributed by atoms with Crippen molar-refractivity contribution in [2.75, 3.05) is 29.4 Å². The number of piperidine rings is 1. The highest BCUT2D eigenvalue weighted by atomic mass is 19.1. The van der Waals surface area contributed by atoms with Gasteiger partial charge in [-0.3, -0.25) is 9.88 Å². The monoisotopic (exact) mass is 538 g/mol. The van der Waals surface area contributed by atoms with E-state index in [2.05, 4.69) is 24.8 Å². The number of rotatable bonds is 5. The number of anilines is 3. The van der Waals surface area contributed by atoms with Crippen LogP contribution in [0.3, 0.4) is 0 Å². The van der Waals surface area contributed by atoms with Crippen LogP contribution in [-0.2, 0) is 6.54 Å². The lowest BCUT2D eigenvalue weighted by Gasteiger charge is -2.40. The fourth-order valence-electron chi connectivity index (χ4n) is 5.35. The number of carboxylic acids is 1. The van der Waals surface area contributed by atoms with Crippen LogP contribution in [0.4, 0.5) is 26.4 Å². The molecule has 11 nitrogen and oxygen atoms in total. The maximum Gasteiger partial charge on any atom is 0.354 e. The van der Waals surface area contributed by atoms with Crippen LogP contribution < -0.4 is 9.80 Å². The topological polar surface area (TPSA) is 139 Å². The van der Waals surface area contributed by atoms with Crippen LogP contribution >= 0.6 is 0 Å². The second-order valence-corrected chi connectivity index (χ2v) is 9.80. The molecule has 1 saturated heterocycles. The van der Waals surface area contributed by atoms with Crippen molar-refractivity contribution in [3.63, 3.8) is 0 Å². The molecule has 0 atom stereocenters. The predicted octanol–water partition coefficient (Wildman–Crippen LogP) is 4.12. The van der Waals surface area contributed by atoms with Crippen LogP contribution in [0.5, 0.6) is 0 Å². The Morgan fingerprint density at radius 3 is 2.73 bits per heavy atom. The number of pyridine rings is 2.